The van der Waals surface area contributed by atoms with Crippen molar-refractivity contribution < 1.29 is 9.59 Å². The van der Waals surface area contributed by atoms with E-state index in [4.69, 9.17) is 0 Å². The van der Waals surface area contributed by atoms with Crippen LogP contribution in [0.15, 0.2) is 12.4 Å². The van der Waals surface area contributed by atoms with Gasteiger partial charge in [-0.1, -0.05) is 20.8 Å². The summed E-state index contributed by atoms with van der Waals surface area (Å²) in [6, 6.07) is -0.505. The molecule has 0 aromatic carbocycles. The SMILES string of the molecule is Cn1cc(CN2C(=O)C(C(C)(C)C)NC(=O)C2(C)C)cn1. The third-order valence-electron chi connectivity index (χ3n) is 3.98. The summed E-state index contributed by atoms with van der Waals surface area (Å²) in [6.07, 6.45) is 3.59. The zero-order chi connectivity index (χ0) is 16.0. The van der Waals surface area contributed by atoms with E-state index < -0.39 is 11.6 Å². The number of nitrogens with zero attached hydrogens (tertiary/aromatic N) is 3. The van der Waals surface area contributed by atoms with Crippen LogP contribution in [0.3, 0.4) is 0 Å². The summed E-state index contributed by atoms with van der Waals surface area (Å²) in [5, 5.41) is 6.99. The molecule has 1 saturated heterocycles. The van der Waals surface area contributed by atoms with Crippen LogP contribution < -0.4 is 5.32 Å². The van der Waals surface area contributed by atoms with Gasteiger partial charge < -0.3 is 10.2 Å². The van der Waals surface area contributed by atoms with Crippen molar-refractivity contribution in [1.82, 2.24) is 20.0 Å². The van der Waals surface area contributed by atoms with E-state index in [0.29, 0.717) is 6.54 Å². The van der Waals surface area contributed by atoms with Gasteiger partial charge in [-0.25, -0.2) is 0 Å². The molecule has 6 heteroatoms. The third kappa shape index (κ3) is 2.80. The number of nitrogens with one attached hydrogen (secondary N) is 1. The largest absolute Gasteiger partial charge is 0.342 e. The van der Waals surface area contributed by atoms with E-state index in [1.165, 1.54) is 0 Å². The van der Waals surface area contributed by atoms with E-state index in [-0.39, 0.29) is 17.2 Å². The van der Waals surface area contributed by atoms with E-state index in [2.05, 4.69) is 10.4 Å². The lowest BCUT2D eigenvalue weighted by Crippen LogP contribution is -2.70. The average Bonchev–Trinajstić information content (AvgIpc) is 2.74. The van der Waals surface area contributed by atoms with Crippen LogP contribution in [0.4, 0.5) is 0 Å². The maximum atomic E-state index is 12.8. The highest BCUT2D eigenvalue weighted by molar-refractivity contribution is 5.99. The Morgan fingerprint density at radius 3 is 2.43 bits per heavy atom. The monoisotopic (exact) mass is 292 g/mol. The first kappa shape index (κ1) is 15.5. The van der Waals surface area contributed by atoms with Crippen LogP contribution in [0.2, 0.25) is 0 Å². The average molecular weight is 292 g/mol. The Morgan fingerprint density at radius 2 is 1.95 bits per heavy atom. The van der Waals surface area contributed by atoms with Crippen molar-refractivity contribution in [2.75, 3.05) is 0 Å². The summed E-state index contributed by atoms with van der Waals surface area (Å²) in [4.78, 5) is 26.9. The van der Waals surface area contributed by atoms with Gasteiger partial charge in [0.2, 0.25) is 11.8 Å². The number of hydrogen-bond acceptors (Lipinski definition) is 3. The highest BCUT2D eigenvalue weighted by Crippen LogP contribution is 2.30. The Bertz CT molecular complexity index is 568. The van der Waals surface area contributed by atoms with Crippen LogP contribution in [0.1, 0.15) is 40.2 Å². The smallest absolute Gasteiger partial charge is 0.246 e. The molecule has 1 aliphatic rings. The normalized spacial score (nSPS) is 22.4. The molecule has 1 aliphatic heterocycles. The Morgan fingerprint density at radius 1 is 1.33 bits per heavy atom. The van der Waals surface area contributed by atoms with E-state index in [1.54, 1.807) is 29.6 Å². The molecule has 1 unspecified atom stereocenters. The fraction of sp³-hybridized carbons (Fsp3) is 0.667. The molecule has 1 atom stereocenters. The van der Waals surface area contributed by atoms with Gasteiger partial charge in [-0.3, -0.25) is 14.3 Å². The van der Waals surface area contributed by atoms with E-state index >= 15 is 0 Å². The van der Waals surface area contributed by atoms with Gasteiger partial charge in [0.15, 0.2) is 0 Å². The first-order valence-corrected chi connectivity index (χ1v) is 7.13. The van der Waals surface area contributed by atoms with Gasteiger partial charge in [0.05, 0.1) is 6.20 Å². The summed E-state index contributed by atoms with van der Waals surface area (Å²) in [6.45, 7) is 9.80. The minimum absolute atomic E-state index is 0.0454. The van der Waals surface area contributed by atoms with Gasteiger partial charge >= 0.3 is 0 Å². The predicted molar refractivity (Wildman–Crippen MR) is 79.2 cm³/mol. The Labute approximate surface area is 125 Å². The molecule has 116 valence electrons. The van der Waals surface area contributed by atoms with Gasteiger partial charge in [0.1, 0.15) is 11.6 Å². The molecule has 0 aliphatic carbocycles. The second kappa shape index (κ2) is 4.86. The van der Waals surface area contributed by atoms with Crippen LogP contribution in [-0.2, 0) is 23.2 Å². The highest BCUT2D eigenvalue weighted by Gasteiger charge is 2.49. The number of hydrogen-bond donors (Lipinski definition) is 1. The quantitative estimate of drug-likeness (QED) is 0.886. The van der Waals surface area contributed by atoms with E-state index in [9.17, 15) is 9.59 Å². The molecule has 2 amide bonds. The van der Waals surface area contributed by atoms with E-state index in [0.717, 1.165) is 5.56 Å². The minimum Gasteiger partial charge on any atom is -0.342 e. The number of aryl methyl sites for hydroxylation is 1. The molecule has 0 spiro atoms. The summed E-state index contributed by atoms with van der Waals surface area (Å²) in [5.41, 5.74) is -0.272. The topological polar surface area (TPSA) is 67.2 Å². The Kier molecular flexibility index (Phi) is 3.59. The number of carbonyl (C=O) groups excluding carboxylic acids is 2. The van der Waals surface area contributed by atoms with Crippen LogP contribution in [0, 0.1) is 5.41 Å². The summed E-state index contributed by atoms with van der Waals surface area (Å²) < 4.78 is 1.69. The molecule has 1 aromatic heterocycles. The molecule has 2 rings (SSSR count). The van der Waals surface area contributed by atoms with Gasteiger partial charge in [-0.2, -0.15) is 5.10 Å². The van der Waals surface area contributed by atoms with Crippen molar-refractivity contribution >= 4 is 11.8 Å². The van der Waals surface area contributed by atoms with E-state index in [1.807, 2.05) is 34.0 Å². The first-order valence-electron chi connectivity index (χ1n) is 7.13. The van der Waals surface area contributed by atoms with Crippen LogP contribution in [0.5, 0.6) is 0 Å². The van der Waals surface area contributed by atoms with Crippen LogP contribution in [0.25, 0.3) is 0 Å². The first-order chi connectivity index (χ1) is 9.53. The maximum absolute atomic E-state index is 12.8. The second-order valence-corrected chi connectivity index (χ2v) is 7.28. The number of carbonyl (C=O) groups is 2. The zero-order valence-corrected chi connectivity index (χ0v) is 13.6. The van der Waals surface area contributed by atoms with Crippen molar-refractivity contribution in [2.24, 2.45) is 12.5 Å². The summed E-state index contributed by atoms with van der Waals surface area (Å²) in [7, 11) is 1.83. The molecular formula is C15H24N4O2. The minimum atomic E-state index is -0.866. The third-order valence-corrected chi connectivity index (χ3v) is 3.98. The Balaban J connectivity index is 2.34. The molecule has 2 heterocycles. The lowest BCUT2D eigenvalue weighted by Gasteiger charge is -2.47. The lowest BCUT2D eigenvalue weighted by atomic mass is 9.81. The molecule has 1 fully saturated rings. The number of aromatic nitrogens is 2. The van der Waals surface area contributed by atoms with Crippen LogP contribution >= 0.6 is 0 Å². The summed E-state index contributed by atoms with van der Waals surface area (Å²) in [5.74, 6) is -0.165. The standard InChI is InChI=1S/C15H24N4O2/c1-14(2,3)11-12(20)19(15(4,5)13(21)17-11)9-10-7-16-18(6)8-10/h7-8,11H,9H2,1-6H3,(H,17,21). The molecule has 1 aromatic rings. The molecule has 1 N–H and O–H groups in total. The second-order valence-electron chi connectivity index (χ2n) is 7.28. The molecule has 0 bridgehead atoms. The lowest BCUT2D eigenvalue weighted by molar-refractivity contribution is -0.159. The van der Waals surface area contributed by atoms with Crippen molar-refractivity contribution in [3.05, 3.63) is 18.0 Å². The predicted octanol–water partition coefficient (Wildman–Crippen LogP) is 1.07. The number of amides is 2. The zero-order valence-electron chi connectivity index (χ0n) is 13.6. The van der Waals surface area contributed by atoms with Gasteiger partial charge in [0.25, 0.3) is 0 Å². The molecule has 0 saturated carbocycles. The Hall–Kier alpha value is -1.85. The van der Waals surface area contributed by atoms with Crippen molar-refractivity contribution in [2.45, 2.75) is 52.7 Å². The number of rotatable bonds is 2. The summed E-state index contributed by atoms with van der Waals surface area (Å²) >= 11 is 0. The van der Waals surface area contributed by atoms with Crippen molar-refractivity contribution in [1.29, 1.82) is 0 Å². The number of piperazine rings is 1. The van der Waals surface area contributed by atoms with Gasteiger partial charge in [-0.15, -0.1) is 0 Å². The molecule has 0 radical (unpaired) electrons. The fourth-order valence-electron chi connectivity index (χ4n) is 2.52. The molecule has 21 heavy (non-hydrogen) atoms. The van der Waals surface area contributed by atoms with Crippen molar-refractivity contribution in [3.63, 3.8) is 0 Å². The van der Waals surface area contributed by atoms with Gasteiger partial charge in [0, 0.05) is 25.4 Å². The molecular weight excluding hydrogens is 268 g/mol. The fourth-order valence-corrected chi connectivity index (χ4v) is 2.52. The maximum Gasteiger partial charge on any atom is 0.246 e. The van der Waals surface area contributed by atoms with Crippen molar-refractivity contribution in [3.8, 4) is 0 Å². The highest BCUT2D eigenvalue weighted by atomic mass is 16.2. The molecule has 6 nitrogen and oxygen atoms in total. The van der Waals surface area contributed by atoms with Crippen LogP contribution in [-0.4, -0.2) is 38.1 Å². The van der Waals surface area contributed by atoms with Gasteiger partial charge in [-0.05, 0) is 19.3 Å².